The Morgan fingerprint density at radius 1 is 1.12 bits per heavy atom. The van der Waals surface area contributed by atoms with Crippen LogP contribution in [0.1, 0.15) is 48.8 Å². The van der Waals surface area contributed by atoms with Crippen LogP contribution in [0.5, 0.6) is 5.75 Å². The van der Waals surface area contributed by atoms with Gasteiger partial charge in [0, 0.05) is 25.2 Å². The molecule has 3 heterocycles. The predicted molar refractivity (Wildman–Crippen MR) is 121 cm³/mol. The lowest BCUT2D eigenvalue weighted by molar-refractivity contribution is -0.135. The number of likely N-dealkylation sites (tertiary alicyclic amines) is 1. The molecule has 1 aliphatic heterocycles. The fraction of sp³-hybridized carbons (Fsp3) is 0.417. The van der Waals surface area contributed by atoms with Crippen LogP contribution in [0.3, 0.4) is 0 Å². The third-order valence-electron chi connectivity index (χ3n) is 6.01. The summed E-state index contributed by atoms with van der Waals surface area (Å²) in [6, 6.07) is 12.2. The second-order valence-corrected chi connectivity index (χ2v) is 8.51. The van der Waals surface area contributed by atoms with E-state index in [1.54, 1.807) is 18.2 Å². The number of para-hydroxylation sites is 1. The van der Waals surface area contributed by atoms with E-state index in [-0.39, 0.29) is 23.7 Å². The van der Waals surface area contributed by atoms with Crippen LogP contribution in [0.15, 0.2) is 48.7 Å². The maximum atomic E-state index is 13.5. The third-order valence-corrected chi connectivity index (χ3v) is 6.01. The van der Waals surface area contributed by atoms with Crippen LogP contribution in [0.25, 0.3) is 5.65 Å². The second kappa shape index (κ2) is 9.38. The van der Waals surface area contributed by atoms with Gasteiger partial charge < -0.3 is 15.0 Å². The van der Waals surface area contributed by atoms with E-state index in [0.29, 0.717) is 24.4 Å². The van der Waals surface area contributed by atoms with Gasteiger partial charge in [0.25, 0.3) is 5.91 Å². The van der Waals surface area contributed by atoms with Crippen molar-refractivity contribution in [1.82, 2.24) is 24.8 Å². The summed E-state index contributed by atoms with van der Waals surface area (Å²) in [6.07, 6.45) is 3.78. The van der Waals surface area contributed by atoms with Gasteiger partial charge in [-0.25, -0.2) is 0 Å². The Morgan fingerprint density at radius 3 is 2.69 bits per heavy atom. The van der Waals surface area contributed by atoms with Crippen LogP contribution in [0, 0.1) is 5.92 Å². The number of fused-ring (bicyclic) bond motifs is 1. The van der Waals surface area contributed by atoms with Crippen molar-refractivity contribution in [1.29, 1.82) is 0 Å². The number of nitrogens with one attached hydrogen (secondary N) is 1. The van der Waals surface area contributed by atoms with Gasteiger partial charge in [-0.2, -0.15) is 0 Å². The molecule has 1 N–H and O–H groups in total. The quantitative estimate of drug-likeness (QED) is 0.643. The summed E-state index contributed by atoms with van der Waals surface area (Å²) in [5.74, 6) is 1.01. The number of piperidine rings is 1. The van der Waals surface area contributed by atoms with E-state index in [4.69, 9.17) is 4.74 Å². The van der Waals surface area contributed by atoms with Crippen molar-refractivity contribution >= 4 is 17.5 Å². The maximum Gasteiger partial charge on any atom is 0.255 e. The molecule has 0 bridgehead atoms. The van der Waals surface area contributed by atoms with Crippen molar-refractivity contribution in [2.75, 3.05) is 20.2 Å². The molecule has 0 radical (unpaired) electrons. The summed E-state index contributed by atoms with van der Waals surface area (Å²) in [5, 5.41) is 11.6. The van der Waals surface area contributed by atoms with Crippen molar-refractivity contribution < 1.29 is 14.3 Å². The molecule has 1 saturated heterocycles. The molecule has 0 spiro atoms. The molecule has 2 atom stereocenters. The summed E-state index contributed by atoms with van der Waals surface area (Å²) >= 11 is 0. The lowest BCUT2D eigenvalue weighted by atomic mass is 9.95. The van der Waals surface area contributed by atoms with Crippen LogP contribution in [-0.4, -0.2) is 57.6 Å². The summed E-state index contributed by atoms with van der Waals surface area (Å²) in [5.41, 5.74) is 1.22. The van der Waals surface area contributed by atoms with Gasteiger partial charge in [-0.15, -0.1) is 10.2 Å². The Labute approximate surface area is 187 Å². The average molecular weight is 436 g/mol. The highest BCUT2D eigenvalue weighted by atomic mass is 16.5. The number of hydrogen-bond donors (Lipinski definition) is 1. The van der Waals surface area contributed by atoms with Crippen LogP contribution < -0.4 is 10.1 Å². The van der Waals surface area contributed by atoms with Crippen molar-refractivity contribution in [3.63, 3.8) is 0 Å². The SMILES string of the molecule is COc1ccccc1C(=O)NC(C(=O)N1CCCC(c2nnc3ccccn23)C1)C(C)C. The van der Waals surface area contributed by atoms with Crippen LogP contribution in [0.4, 0.5) is 0 Å². The Kier molecular flexibility index (Phi) is 6.39. The topological polar surface area (TPSA) is 88.8 Å². The van der Waals surface area contributed by atoms with Crippen molar-refractivity contribution in [3.8, 4) is 5.75 Å². The second-order valence-electron chi connectivity index (χ2n) is 8.51. The largest absolute Gasteiger partial charge is 0.496 e. The molecule has 0 aliphatic carbocycles. The molecule has 8 nitrogen and oxygen atoms in total. The number of nitrogens with zero attached hydrogens (tertiary/aromatic N) is 4. The summed E-state index contributed by atoms with van der Waals surface area (Å²) in [7, 11) is 1.53. The molecule has 1 aliphatic rings. The minimum Gasteiger partial charge on any atom is -0.496 e. The number of pyridine rings is 1. The van der Waals surface area contributed by atoms with Gasteiger partial charge in [0.2, 0.25) is 5.91 Å². The molecule has 4 rings (SSSR count). The number of benzene rings is 1. The molecule has 8 heteroatoms. The average Bonchev–Trinajstić information content (AvgIpc) is 3.26. The number of rotatable bonds is 6. The van der Waals surface area contributed by atoms with E-state index in [0.717, 1.165) is 24.3 Å². The van der Waals surface area contributed by atoms with Gasteiger partial charge >= 0.3 is 0 Å². The normalized spacial score (nSPS) is 17.4. The van der Waals surface area contributed by atoms with E-state index in [1.165, 1.54) is 7.11 Å². The number of carbonyl (C=O) groups excluding carboxylic acids is 2. The lowest BCUT2D eigenvalue weighted by Crippen LogP contribution is -2.53. The Balaban J connectivity index is 1.51. The van der Waals surface area contributed by atoms with Gasteiger partial charge in [0.1, 0.15) is 17.6 Å². The van der Waals surface area contributed by atoms with Gasteiger partial charge in [-0.1, -0.05) is 32.0 Å². The lowest BCUT2D eigenvalue weighted by Gasteiger charge is -2.35. The summed E-state index contributed by atoms with van der Waals surface area (Å²) in [6.45, 7) is 5.11. The zero-order chi connectivity index (χ0) is 22.7. The number of aromatic nitrogens is 3. The number of ether oxygens (including phenoxy) is 1. The first-order valence-corrected chi connectivity index (χ1v) is 11.0. The first kappa shape index (κ1) is 21.8. The molecular formula is C24H29N5O3. The Bertz CT molecular complexity index is 1110. The molecule has 1 fully saturated rings. The van der Waals surface area contributed by atoms with E-state index in [2.05, 4.69) is 15.5 Å². The minimum atomic E-state index is -0.624. The minimum absolute atomic E-state index is 0.0598. The molecule has 0 saturated carbocycles. The highest BCUT2D eigenvalue weighted by molar-refractivity contribution is 5.99. The first-order valence-electron chi connectivity index (χ1n) is 11.0. The highest BCUT2D eigenvalue weighted by Gasteiger charge is 2.34. The molecule has 32 heavy (non-hydrogen) atoms. The van der Waals surface area contributed by atoms with Crippen molar-refractivity contribution in [3.05, 3.63) is 60.0 Å². The zero-order valence-corrected chi connectivity index (χ0v) is 18.7. The fourth-order valence-electron chi connectivity index (χ4n) is 4.29. The Morgan fingerprint density at radius 2 is 1.91 bits per heavy atom. The molecule has 168 valence electrons. The number of amides is 2. The molecule has 2 aromatic heterocycles. The van der Waals surface area contributed by atoms with Crippen LogP contribution in [-0.2, 0) is 4.79 Å². The Hall–Kier alpha value is -3.42. The molecule has 3 aromatic rings. The predicted octanol–water partition coefficient (Wildman–Crippen LogP) is 2.90. The third kappa shape index (κ3) is 4.30. The van der Waals surface area contributed by atoms with E-state index < -0.39 is 6.04 Å². The van der Waals surface area contributed by atoms with E-state index in [9.17, 15) is 9.59 Å². The fourth-order valence-corrected chi connectivity index (χ4v) is 4.29. The first-order chi connectivity index (χ1) is 15.5. The smallest absolute Gasteiger partial charge is 0.255 e. The number of carbonyl (C=O) groups is 2. The van der Waals surface area contributed by atoms with E-state index >= 15 is 0 Å². The van der Waals surface area contributed by atoms with Gasteiger partial charge in [-0.3, -0.25) is 14.0 Å². The van der Waals surface area contributed by atoms with Gasteiger partial charge in [-0.05, 0) is 43.0 Å². The highest BCUT2D eigenvalue weighted by Crippen LogP contribution is 2.27. The van der Waals surface area contributed by atoms with Crippen LogP contribution >= 0.6 is 0 Å². The molecule has 2 unspecified atom stereocenters. The zero-order valence-electron chi connectivity index (χ0n) is 18.7. The van der Waals surface area contributed by atoms with Gasteiger partial charge in [0.05, 0.1) is 12.7 Å². The molecular weight excluding hydrogens is 406 g/mol. The summed E-state index contributed by atoms with van der Waals surface area (Å²) < 4.78 is 7.29. The molecule has 1 aromatic carbocycles. The maximum absolute atomic E-state index is 13.5. The van der Waals surface area contributed by atoms with Crippen LogP contribution in [0.2, 0.25) is 0 Å². The monoisotopic (exact) mass is 435 g/mol. The van der Waals surface area contributed by atoms with Crippen molar-refractivity contribution in [2.45, 2.75) is 38.6 Å². The molecule has 2 amide bonds. The van der Waals surface area contributed by atoms with Crippen molar-refractivity contribution in [2.24, 2.45) is 5.92 Å². The number of hydrogen-bond acceptors (Lipinski definition) is 5. The number of methoxy groups -OCH3 is 1. The van der Waals surface area contributed by atoms with Gasteiger partial charge in [0.15, 0.2) is 5.65 Å². The summed E-state index contributed by atoms with van der Waals surface area (Å²) in [4.78, 5) is 28.3. The standard InChI is InChI=1S/C24H29N5O3/c1-16(2)21(25-23(30)18-10-4-5-11-19(18)32-3)24(31)28-13-8-9-17(15-28)22-27-26-20-12-6-7-14-29(20)22/h4-7,10-12,14,16-17,21H,8-9,13,15H2,1-3H3,(H,25,30). The van der Waals surface area contributed by atoms with E-state index in [1.807, 2.05) is 53.6 Å².